The van der Waals surface area contributed by atoms with Crippen LogP contribution in [0.2, 0.25) is 0 Å². The van der Waals surface area contributed by atoms with Crippen LogP contribution in [0.15, 0.2) is 36.9 Å². The van der Waals surface area contributed by atoms with E-state index in [1.54, 1.807) is 6.08 Å². The molecule has 1 aliphatic rings. The molecule has 1 aliphatic heterocycles. The van der Waals surface area contributed by atoms with Gasteiger partial charge in [0.15, 0.2) is 0 Å². The lowest BCUT2D eigenvalue weighted by atomic mass is 9.99. The van der Waals surface area contributed by atoms with Crippen LogP contribution >= 0.6 is 0 Å². The molecule has 0 radical (unpaired) electrons. The van der Waals surface area contributed by atoms with E-state index >= 15 is 0 Å². The van der Waals surface area contributed by atoms with Crippen molar-refractivity contribution >= 4 is 5.91 Å². The molecule has 0 fully saturated rings. The molecule has 0 atom stereocenters. The number of amides is 1. The molecule has 17 heavy (non-hydrogen) atoms. The molecule has 2 rings (SSSR count). The second-order valence-electron chi connectivity index (χ2n) is 4.15. The van der Waals surface area contributed by atoms with E-state index in [0.29, 0.717) is 6.54 Å². The van der Waals surface area contributed by atoms with Gasteiger partial charge in [-0.1, -0.05) is 44.5 Å². The Balaban J connectivity index is 0.000000437. The Kier molecular flexibility index (Phi) is 5.47. The molecule has 2 nitrogen and oxygen atoms in total. The second kappa shape index (κ2) is 6.89. The summed E-state index contributed by atoms with van der Waals surface area (Å²) in [6, 6.07) is 7.81. The van der Waals surface area contributed by atoms with Crippen molar-refractivity contribution in [3.05, 3.63) is 48.0 Å². The first kappa shape index (κ1) is 13.5. The van der Waals surface area contributed by atoms with Crippen LogP contribution in [0, 0.1) is 0 Å². The molecule has 0 saturated carbocycles. The summed E-state index contributed by atoms with van der Waals surface area (Å²) in [7, 11) is 0. The fraction of sp³-hybridized carbons (Fsp3) is 0.400. The molecule has 2 heteroatoms. The Hall–Kier alpha value is -1.57. The lowest BCUT2D eigenvalue weighted by Gasteiger charge is -2.27. The van der Waals surface area contributed by atoms with Gasteiger partial charge in [0, 0.05) is 18.7 Å². The third-order valence-corrected chi connectivity index (χ3v) is 2.54. The minimum absolute atomic E-state index is 0.131. The SMILES string of the molecule is C=CCN1CCc2ccccc2C1=O.CCC. The maximum absolute atomic E-state index is 11.9. The molecular formula is C15H21NO. The molecular weight excluding hydrogens is 210 g/mol. The van der Waals surface area contributed by atoms with Crippen LogP contribution in [0.4, 0.5) is 0 Å². The standard InChI is InChI=1S/C12H13NO.C3H8/c1-2-8-13-9-7-10-5-3-4-6-11(10)12(13)14;1-3-2/h2-6H,1,7-9H2;3H2,1-2H3. The van der Waals surface area contributed by atoms with Crippen LogP contribution in [-0.4, -0.2) is 23.9 Å². The van der Waals surface area contributed by atoms with E-state index in [4.69, 9.17) is 0 Å². The van der Waals surface area contributed by atoms with E-state index in [-0.39, 0.29) is 5.91 Å². The first-order chi connectivity index (χ1) is 8.24. The topological polar surface area (TPSA) is 20.3 Å². The molecule has 0 unspecified atom stereocenters. The molecule has 0 bridgehead atoms. The van der Waals surface area contributed by atoms with Crippen LogP contribution in [0.1, 0.15) is 36.2 Å². The second-order valence-corrected chi connectivity index (χ2v) is 4.15. The van der Waals surface area contributed by atoms with Crippen molar-refractivity contribution in [3.63, 3.8) is 0 Å². The van der Waals surface area contributed by atoms with Gasteiger partial charge in [0.05, 0.1) is 0 Å². The van der Waals surface area contributed by atoms with Gasteiger partial charge in [-0.15, -0.1) is 6.58 Å². The van der Waals surface area contributed by atoms with Crippen molar-refractivity contribution in [3.8, 4) is 0 Å². The fourth-order valence-corrected chi connectivity index (χ4v) is 1.80. The van der Waals surface area contributed by atoms with Gasteiger partial charge in [-0.25, -0.2) is 0 Å². The van der Waals surface area contributed by atoms with Gasteiger partial charge in [-0.2, -0.15) is 0 Å². The third-order valence-electron chi connectivity index (χ3n) is 2.54. The predicted octanol–water partition coefficient (Wildman–Crippen LogP) is 3.29. The van der Waals surface area contributed by atoms with E-state index in [1.165, 1.54) is 6.42 Å². The number of carbonyl (C=O) groups excluding carboxylic acids is 1. The van der Waals surface area contributed by atoms with Crippen LogP contribution in [0.25, 0.3) is 0 Å². The number of hydrogen-bond donors (Lipinski definition) is 0. The summed E-state index contributed by atoms with van der Waals surface area (Å²) in [5, 5.41) is 0. The van der Waals surface area contributed by atoms with Gasteiger partial charge in [0.25, 0.3) is 5.91 Å². The van der Waals surface area contributed by atoms with E-state index in [2.05, 4.69) is 20.4 Å². The molecule has 0 saturated heterocycles. The summed E-state index contributed by atoms with van der Waals surface area (Å²) in [6.45, 7) is 9.35. The van der Waals surface area contributed by atoms with Crippen molar-refractivity contribution in [2.75, 3.05) is 13.1 Å². The summed E-state index contributed by atoms with van der Waals surface area (Å²) >= 11 is 0. The van der Waals surface area contributed by atoms with Crippen molar-refractivity contribution in [1.82, 2.24) is 4.90 Å². The van der Waals surface area contributed by atoms with Crippen molar-refractivity contribution in [2.45, 2.75) is 26.7 Å². The van der Waals surface area contributed by atoms with Crippen LogP contribution in [0.5, 0.6) is 0 Å². The zero-order valence-electron chi connectivity index (χ0n) is 10.8. The Morgan fingerprint density at radius 1 is 1.35 bits per heavy atom. The van der Waals surface area contributed by atoms with Crippen molar-refractivity contribution in [1.29, 1.82) is 0 Å². The van der Waals surface area contributed by atoms with Crippen molar-refractivity contribution < 1.29 is 4.79 Å². The van der Waals surface area contributed by atoms with Gasteiger partial charge in [-0.3, -0.25) is 4.79 Å². The number of nitrogens with zero attached hydrogens (tertiary/aromatic N) is 1. The highest BCUT2D eigenvalue weighted by Gasteiger charge is 2.22. The highest BCUT2D eigenvalue weighted by molar-refractivity contribution is 5.96. The highest BCUT2D eigenvalue weighted by Crippen LogP contribution is 2.17. The quantitative estimate of drug-likeness (QED) is 0.715. The first-order valence-electron chi connectivity index (χ1n) is 6.22. The van der Waals surface area contributed by atoms with Crippen LogP contribution in [0.3, 0.4) is 0 Å². The Bertz CT molecular complexity index is 384. The van der Waals surface area contributed by atoms with Gasteiger partial charge in [0.1, 0.15) is 0 Å². The largest absolute Gasteiger partial charge is 0.335 e. The summed E-state index contributed by atoms with van der Waals surface area (Å²) in [4.78, 5) is 13.7. The molecule has 1 amide bonds. The lowest BCUT2D eigenvalue weighted by molar-refractivity contribution is 0.0759. The number of fused-ring (bicyclic) bond motifs is 1. The summed E-state index contributed by atoms with van der Waals surface area (Å²) < 4.78 is 0. The Labute approximate surface area is 104 Å². The molecule has 1 aromatic carbocycles. The van der Waals surface area contributed by atoms with E-state index in [9.17, 15) is 4.79 Å². The number of hydrogen-bond acceptors (Lipinski definition) is 1. The zero-order chi connectivity index (χ0) is 12.7. The van der Waals surface area contributed by atoms with Gasteiger partial charge < -0.3 is 4.90 Å². The molecule has 1 heterocycles. The molecule has 0 spiro atoms. The number of benzene rings is 1. The Morgan fingerprint density at radius 3 is 2.65 bits per heavy atom. The van der Waals surface area contributed by atoms with Gasteiger partial charge >= 0.3 is 0 Å². The number of rotatable bonds is 2. The molecule has 1 aromatic rings. The molecule has 0 N–H and O–H groups in total. The maximum Gasteiger partial charge on any atom is 0.254 e. The molecule has 0 aromatic heterocycles. The monoisotopic (exact) mass is 231 g/mol. The van der Waals surface area contributed by atoms with Crippen molar-refractivity contribution in [2.24, 2.45) is 0 Å². The lowest BCUT2D eigenvalue weighted by Crippen LogP contribution is -2.37. The minimum atomic E-state index is 0.131. The smallest absolute Gasteiger partial charge is 0.254 e. The maximum atomic E-state index is 11.9. The van der Waals surface area contributed by atoms with E-state index in [1.807, 2.05) is 29.2 Å². The predicted molar refractivity (Wildman–Crippen MR) is 72.2 cm³/mol. The Morgan fingerprint density at radius 2 is 2.00 bits per heavy atom. The average molecular weight is 231 g/mol. The number of carbonyl (C=O) groups is 1. The van der Waals surface area contributed by atoms with E-state index in [0.717, 1.165) is 24.1 Å². The summed E-state index contributed by atoms with van der Waals surface area (Å²) in [5.74, 6) is 0.131. The van der Waals surface area contributed by atoms with Gasteiger partial charge in [0.2, 0.25) is 0 Å². The molecule has 92 valence electrons. The summed E-state index contributed by atoms with van der Waals surface area (Å²) in [6.07, 6.45) is 3.97. The first-order valence-corrected chi connectivity index (χ1v) is 6.22. The average Bonchev–Trinajstić information content (AvgIpc) is 2.34. The van der Waals surface area contributed by atoms with Gasteiger partial charge in [-0.05, 0) is 18.1 Å². The summed E-state index contributed by atoms with van der Waals surface area (Å²) in [5.41, 5.74) is 2.01. The van der Waals surface area contributed by atoms with Crippen LogP contribution in [-0.2, 0) is 6.42 Å². The van der Waals surface area contributed by atoms with E-state index < -0.39 is 0 Å². The molecule has 0 aliphatic carbocycles. The normalized spacial score (nSPS) is 13.5. The fourth-order valence-electron chi connectivity index (χ4n) is 1.80. The van der Waals surface area contributed by atoms with Crippen LogP contribution < -0.4 is 0 Å². The zero-order valence-corrected chi connectivity index (χ0v) is 10.8. The highest BCUT2D eigenvalue weighted by atomic mass is 16.2. The third kappa shape index (κ3) is 3.45. The minimum Gasteiger partial charge on any atom is -0.335 e.